The van der Waals surface area contributed by atoms with Crippen LogP contribution in [0, 0.1) is 6.92 Å². The number of fused-ring (bicyclic) bond motifs is 1. The highest BCUT2D eigenvalue weighted by Gasteiger charge is 2.12. The fraction of sp³-hybridized carbons (Fsp3) is 0.158. The molecule has 0 bridgehead atoms. The van der Waals surface area contributed by atoms with Crippen molar-refractivity contribution in [2.24, 2.45) is 0 Å². The van der Waals surface area contributed by atoms with Gasteiger partial charge >= 0.3 is 0 Å². The predicted molar refractivity (Wildman–Crippen MR) is 90.3 cm³/mol. The third kappa shape index (κ3) is 3.01. The number of hydrogen-bond acceptors (Lipinski definition) is 3. The number of H-pyrrole nitrogens is 1. The molecule has 2 aromatic carbocycles. The molecule has 3 rings (SSSR count). The minimum atomic E-state index is -0.118. The number of methoxy groups -OCH3 is 1. The van der Waals surface area contributed by atoms with Crippen molar-refractivity contribution in [3.05, 3.63) is 75.6 Å². The molecule has 1 heterocycles. The second-order valence-electron chi connectivity index (χ2n) is 5.50. The maximum atomic E-state index is 12.5. The largest absolute Gasteiger partial charge is 0.496 e. The Balaban J connectivity index is 1.95. The summed E-state index contributed by atoms with van der Waals surface area (Å²) in [5, 5.41) is 0.954. The number of pyridine rings is 1. The van der Waals surface area contributed by atoms with Gasteiger partial charge in [0.05, 0.1) is 12.7 Å². The minimum Gasteiger partial charge on any atom is -0.496 e. The van der Waals surface area contributed by atoms with Gasteiger partial charge in [0.15, 0.2) is 5.78 Å². The molecule has 1 N–H and O–H groups in total. The summed E-state index contributed by atoms with van der Waals surface area (Å²) < 4.78 is 5.25. The maximum absolute atomic E-state index is 12.5. The van der Waals surface area contributed by atoms with E-state index in [-0.39, 0.29) is 17.8 Å². The number of aromatic amines is 1. The molecule has 0 amide bonds. The standard InChI is InChI=1S/C19H17NO3/c1-12-9-19(22)20-16-8-7-13(10-15(12)16)11-17(21)14-5-3-4-6-18(14)23-2/h3-10H,11H2,1-2H3,(H,20,22). The molecule has 0 aliphatic heterocycles. The van der Waals surface area contributed by atoms with Crippen molar-refractivity contribution in [3.8, 4) is 5.75 Å². The van der Waals surface area contributed by atoms with E-state index in [9.17, 15) is 9.59 Å². The first-order valence-corrected chi connectivity index (χ1v) is 7.37. The first-order valence-electron chi connectivity index (χ1n) is 7.37. The van der Waals surface area contributed by atoms with E-state index in [0.29, 0.717) is 11.3 Å². The fourth-order valence-corrected chi connectivity index (χ4v) is 2.74. The monoisotopic (exact) mass is 307 g/mol. The van der Waals surface area contributed by atoms with E-state index >= 15 is 0 Å². The average molecular weight is 307 g/mol. The van der Waals surface area contributed by atoms with E-state index in [2.05, 4.69) is 4.98 Å². The molecule has 23 heavy (non-hydrogen) atoms. The van der Waals surface area contributed by atoms with Crippen molar-refractivity contribution < 1.29 is 9.53 Å². The molecular weight excluding hydrogens is 290 g/mol. The molecule has 0 aliphatic rings. The highest BCUT2D eigenvalue weighted by molar-refractivity contribution is 6.00. The molecule has 0 atom stereocenters. The van der Waals surface area contributed by atoms with E-state index in [1.165, 1.54) is 0 Å². The lowest BCUT2D eigenvalue weighted by Crippen LogP contribution is -2.07. The predicted octanol–water partition coefficient (Wildman–Crippen LogP) is 3.27. The van der Waals surface area contributed by atoms with E-state index in [1.54, 1.807) is 25.3 Å². The molecule has 0 radical (unpaired) electrons. The zero-order chi connectivity index (χ0) is 16.4. The number of aromatic nitrogens is 1. The van der Waals surface area contributed by atoms with Crippen molar-refractivity contribution in [3.63, 3.8) is 0 Å². The maximum Gasteiger partial charge on any atom is 0.248 e. The number of hydrogen-bond donors (Lipinski definition) is 1. The molecule has 0 saturated heterocycles. The lowest BCUT2D eigenvalue weighted by Gasteiger charge is -2.08. The topological polar surface area (TPSA) is 59.2 Å². The number of carbonyl (C=O) groups is 1. The summed E-state index contributed by atoms with van der Waals surface area (Å²) in [5.74, 6) is 0.586. The van der Waals surface area contributed by atoms with Crippen LogP contribution in [-0.2, 0) is 6.42 Å². The van der Waals surface area contributed by atoms with E-state index in [4.69, 9.17) is 4.74 Å². The number of Topliss-reactive ketones (excluding diaryl/α,β-unsaturated/α-hetero) is 1. The van der Waals surface area contributed by atoms with Gasteiger partial charge in [-0.05, 0) is 42.3 Å². The van der Waals surface area contributed by atoms with Gasteiger partial charge in [0.1, 0.15) is 5.75 Å². The Hall–Kier alpha value is -2.88. The Morgan fingerprint density at radius 2 is 1.91 bits per heavy atom. The Bertz CT molecular complexity index is 941. The van der Waals surface area contributed by atoms with Gasteiger partial charge in [-0.25, -0.2) is 0 Å². The highest BCUT2D eigenvalue weighted by atomic mass is 16.5. The minimum absolute atomic E-state index is 0.00359. The SMILES string of the molecule is COc1ccccc1C(=O)Cc1ccc2[nH]c(=O)cc(C)c2c1. The van der Waals surface area contributed by atoms with Gasteiger partial charge in [0, 0.05) is 23.4 Å². The number of para-hydroxylation sites is 1. The van der Waals surface area contributed by atoms with Gasteiger partial charge in [0.25, 0.3) is 0 Å². The molecule has 1 aromatic heterocycles. The zero-order valence-electron chi connectivity index (χ0n) is 13.1. The number of rotatable bonds is 4. The normalized spacial score (nSPS) is 10.7. The van der Waals surface area contributed by atoms with E-state index < -0.39 is 0 Å². The zero-order valence-corrected chi connectivity index (χ0v) is 13.1. The molecule has 0 fully saturated rings. The molecule has 3 aromatic rings. The van der Waals surface area contributed by atoms with Crippen LogP contribution >= 0.6 is 0 Å². The average Bonchev–Trinajstić information content (AvgIpc) is 2.55. The Morgan fingerprint density at radius 1 is 1.13 bits per heavy atom. The van der Waals surface area contributed by atoms with Gasteiger partial charge in [-0.3, -0.25) is 9.59 Å². The van der Waals surface area contributed by atoms with Crippen LogP contribution in [0.3, 0.4) is 0 Å². The van der Waals surface area contributed by atoms with Crippen LogP contribution in [0.5, 0.6) is 5.75 Å². The molecule has 0 spiro atoms. The fourth-order valence-electron chi connectivity index (χ4n) is 2.74. The molecule has 4 heteroatoms. The first kappa shape index (κ1) is 15.0. The van der Waals surface area contributed by atoms with Crippen molar-refractivity contribution in [2.45, 2.75) is 13.3 Å². The third-order valence-electron chi connectivity index (χ3n) is 3.89. The lowest BCUT2D eigenvalue weighted by atomic mass is 9.99. The van der Waals surface area contributed by atoms with E-state index in [1.807, 2.05) is 37.3 Å². The van der Waals surface area contributed by atoms with Gasteiger partial charge in [-0.1, -0.05) is 18.2 Å². The number of aryl methyl sites for hydroxylation is 1. The van der Waals surface area contributed by atoms with Crippen molar-refractivity contribution in [1.29, 1.82) is 0 Å². The summed E-state index contributed by atoms with van der Waals surface area (Å²) in [5.41, 5.74) is 3.04. The van der Waals surface area contributed by atoms with Crippen molar-refractivity contribution in [1.82, 2.24) is 4.98 Å². The molecular formula is C19H17NO3. The van der Waals surface area contributed by atoms with Crippen LogP contribution in [0.1, 0.15) is 21.5 Å². The van der Waals surface area contributed by atoms with Crippen molar-refractivity contribution in [2.75, 3.05) is 7.11 Å². The van der Waals surface area contributed by atoms with Crippen LogP contribution < -0.4 is 10.3 Å². The van der Waals surface area contributed by atoms with Crippen molar-refractivity contribution >= 4 is 16.7 Å². The summed E-state index contributed by atoms with van der Waals surface area (Å²) in [4.78, 5) is 26.8. The molecule has 4 nitrogen and oxygen atoms in total. The lowest BCUT2D eigenvalue weighted by molar-refractivity contribution is 0.0990. The molecule has 0 saturated carbocycles. The summed E-state index contributed by atoms with van der Waals surface area (Å²) in [6.45, 7) is 1.89. The third-order valence-corrected chi connectivity index (χ3v) is 3.89. The summed E-state index contributed by atoms with van der Waals surface area (Å²) in [7, 11) is 1.56. The summed E-state index contributed by atoms with van der Waals surface area (Å²) in [6, 6.07) is 14.4. The van der Waals surface area contributed by atoms with Crippen LogP contribution in [-0.4, -0.2) is 17.9 Å². The summed E-state index contributed by atoms with van der Waals surface area (Å²) >= 11 is 0. The smallest absolute Gasteiger partial charge is 0.248 e. The number of ketones is 1. The van der Waals surface area contributed by atoms with Crippen LogP contribution in [0.2, 0.25) is 0 Å². The van der Waals surface area contributed by atoms with Crippen LogP contribution in [0.15, 0.2) is 53.3 Å². The second-order valence-corrected chi connectivity index (χ2v) is 5.50. The first-order chi connectivity index (χ1) is 11.1. The molecule has 0 unspecified atom stereocenters. The molecule has 116 valence electrons. The van der Waals surface area contributed by atoms with Crippen LogP contribution in [0.4, 0.5) is 0 Å². The number of ether oxygens (including phenoxy) is 1. The van der Waals surface area contributed by atoms with Gasteiger partial charge < -0.3 is 9.72 Å². The Morgan fingerprint density at radius 3 is 2.70 bits per heavy atom. The number of benzene rings is 2. The Labute approximate surface area is 133 Å². The molecule has 0 aliphatic carbocycles. The van der Waals surface area contributed by atoms with Gasteiger partial charge in [-0.2, -0.15) is 0 Å². The van der Waals surface area contributed by atoms with Gasteiger partial charge in [0.2, 0.25) is 5.56 Å². The quantitative estimate of drug-likeness (QED) is 0.753. The second kappa shape index (κ2) is 6.08. The number of carbonyl (C=O) groups excluding carboxylic acids is 1. The Kier molecular flexibility index (Phi) is 3.98. The number of nitrogens with one attached hydrogen (secondary N) is 1. The van der Waals surface area contributed by atoms with Crippen LogP contribution in [0.25, 0.3) is 10.9 Å². The van der Waals surface area contributed by atoms with E-state index in [0.717, 1.165) is 22.0 Å². The summed E-state index contributed by atoms with van der Waals surface area (Å²) in [6.07, 6.45) is 0.287. The van der Waals surface area contributed by atoms with Gasteiger partial charge in [-0.15, -0.1) is 0 Å². The highest BCUT2D eigenvalue weighted by Crippen LogP contribution is 2.21.